The number of hydrazine groups is 1. The highest BCUT2D eigenvalue weighted by Crippen LogP contribution is 2.36. The van der Waals surface area contributed by atoms with Crippen LogP contribution in [0.4, 0.5) is 5.69 Å². The first-order valence-corrected chi connectivity index (χ1v) is 9.68. The van der Waals surface area contributed by atoms with Gasteiger partial charge in [-0.2, -0.15) is 0 Å². The van der Waals surface area contributed by atoms with Gasteiger partial charge in [0.2, 0.25) is 0 Å². The van der Waals surface area contributed by atoms with E-state index in [4.69, 9.17) is 9.47 Å². The number of carbonyl (C=O) groups excluding carboxylic acids is 2. The molecule has 2 heterocycles. The molecule has 3 aromatic rings. The number of nitro benzene ring substituents is 1. The van der Waals surface area contributed by atoms with Crippen LogP contribution in [-0.4, -0.2) is 30.0 Å². The van der Waals surface area contributed by atoms with E-state index in [-0.39, 0.29) is 11.3 Å². The molecule has 1 aliphatic rings. The van der Waals surface area contributed by atoms with Gasteiger partial charge in [0.05, 0.1) is 9.80 Å². The summed E-state index contributed by atoms with van der Waals surface area (Å²) in [5.41, 5.74) is 5.31. The van der Waals surface area contributed by atoms with Gasteiger partial charge in [0, 0.05) is 22.6 Å². The second kappa shape index (κ2) is 8.21. The number of rotatable bonds is 4. The maximum atomic E-state index is 12.4. The molecule has 2 aromatic carbocycles. The van der Waals surface area contributed by atoms with Gasteiger partial charge in [-0.15, -0.1) is 11.3 Å². The first-order chi connectivity index (χ1) is 14.5. The molecule has 0 spiro atoms. The number of benzene rings is 2. The average Bonchev–Trinajstić information content (AvgIpc) is 3.27. The van der Waals surface area contributed by atoms with Crippen LogP contribution in [0.1, 0.15) is 20.0 Å². The van der Waals surface area contributed by atoms with Crippen LogP contribution in [0.2, 0.25) is 0 Å². The minimum Gasteiger partial charge on any atom is -0.486 e. The Morgan fingerprint density at radius 1 is 0.933 bits per heavy atom. The van der Waals surface area contributed by atoms with E-state index in [9.17, 15) is 19.7 Å². The summed E-state index contributed by atoms with van der Waals surface area (Å²) in [5, 5.41) is 10.8. The highest BCUT2D eigenvalue weighted by molar-refractivity contribution is 7.17. The lowest BCUT2D eigenvalue weighted by Gasteiger charge is -2.18. The number of hydrogen-bond donors (Lipinski definition) is 2. The van der Waals surface area contributed by atoms with Gasteiger partial charge in [-0.25, -0.2) is 0 Å². The molecule has 0 atom stereocenters. The molecular weight excluding hydrogens is 410 g/mol. The van der Waals surface area contributed by atoms with Crippen molar-refractivity contribution in [2.45, 2.75) is 0 Å². The normalized spacial score (nSPS) is 12.1. The second-order valence-corrected chi connectivity index (χ2v) is 7.32. The summed E-state index contributed by atoms with van der Waals surface area (Å²) in [6.07, 6.45) is 0. The monoisotopic (exact) mass is 425 g/mol. The number of non-ortho nitro benzene ring substituents is 1. The van der Waals surface area contributed by atoms with E-state index in [2.05, 4.69) is 10.9 Å². The Balaban J connectivity index is 1.41. The summed E-state index contributed by atoms with van der Waals surface area (Å²) >= 11 is 1.25. The number of nitro groups is 1. The van der Waals surface area contributed by atoms with Crippen molar-refractivity contribution in [2.75, 3.05) is 13.2 Å². The molecule has 4 rings (SSSR count). The molecule has 9 nitrogen and oxygen atoms in total. The molecule has 0 aliphatic carbocycles. The summed E-state index contributed by atoms with van der Waals surface area (Å²) in [5.74, 6) is 0.184. The Morgan fingerprint density at radius 3 is 2.50 bits per heavy atom. The first-order valence-electron chi connectivity index (χ1n) is 8.86. The summed E-state index contributed by atoms with van der Waals surface area (Å²) in [7, 11) is 0. The fourth-order valence-electron chi connectivity index (χ4n) is 2.82. The zero-order valence-electron chi connectivity index (χ0n) is 15.4. The van der Waals surface area contributed by atoms with E-state index >= 15 is 0 Å². The van der Waals surface area contributed by atoms with Gasteiger partial charge in [0.25, 0.3) is 17.5 Å². The predicted octanol–water partition coefficient (Wildman–Crippen LogP) is 3.17. The predicted molar refractivity (Wildman–Crippen MR) is 109 cm³/mol. The van der Waals surface area contributed by atoms with Crippen LogP contribution >= 0.6 is 11.3 Å². The van der Waals surface area contributed by atoms with Crippen molar-refractivity contribution in [3.8, 4) is 21.9 Å². The molecule has 0 unspecified atom stereocenters. The molecule has 1 aliphatic heterocycles. The Labute approximate surface area is 174 Å². The van der Waals surface area contributed by atoms with Crippen LogP contribution in [0.15, 0.2) is 54.6 Å². The molecule has 30 heavy (non-hydrogen) atoms. The maximum absolute atomic E-state index is 12.4. The largest absolute Gasteiger partial charge is 0.486 e. The van der Waals surface area contributed by atoms with Gasteiger partial charge in [-0.3, -0.25) is 30.6 Å². The molecule has 2 N–H and O–H groups in total. The van der Waals surface area contributed by atoms with Crippen LogP contribution in [0.25, 0.3) is 10.4 Å². The van der Waals surface area contributed by atoms with E-state index < -0.39 is 16.7 Å². The van der Waals surface area contributed by atoms with Gasteiger partial charge in [0.1, 0.15) is 13.2 Å². The third-order valence-corrected chi connectivity index (χ3v) is 5.40. The number of amides is 2. The standard InChI is InChI=1S/C20H15N3O6S/c24-19(13-2-1-3-14(10-13)23(26)27)21-22-20(25)18-7-6-17(30-18)12-4-5-15-16(11-12)29-9-8-28-15/h1-7,10-11H,8-9H2,(H,21,24)(H,22,25). The highest BCUT2D eigenvalue weighted by atomic mass is 32.1. The van der Waals surface area contributed by atoms with Gasteiger partial charge in [0.15, 0.2) is 11.5 Å². The van der Waals surface area contributed by atoms with Crippen molar-refractivity contribution in [1.29, 1.82) is 0 Å². The summed E-state index contributed by atoms with van der Waals surface area (Å²) in [6.45, 7) is 0.997. The Kier molecular flexibility index (Phi) is 5.31. The molecule has 0 fully saturated rings. The van der Waals surface area contributed by atoms with Gasteiger partial charge < -0.3 is 9.47 Å². The van der Waals surface area contributed by atoms with Crippen molar-refractivity contribution < 1.29 is 24.0 Å². The highest BCUT2D eigenvalue weighted by Gasteiger charge is 2.16. The SMILES string of the molecule is O=C(NNC(=O)c1ccc(-c2ccc3c(c2)OCCO3)s1)c1cccc([N+](=O)[O-])c1. The molecule has 0 saturated heterocycles. The third-order valence-electron chi connectivity index (χ3n) is 4.27. The lowest BCUT2D eigenvalue weighted by Crippen LogP contribution is -2.41. The third kappa shape index (κ3) is 4.08. The fraction of sp³-hybridized carbons (Fsp3) is 0.100. The van der Waals surface area contributed by atoms with E-state index in [1.807, 2.05) is 18.2 Å². The fourth-order valence-corrected chi connectivity index (χ4v) is 3.72. The Morgan fingerprint density at radius 2 is 1.70 bits per heavy atom. The van der Waals surface area contributed by atoms with Crippen molar-refractivity contribution >= 4 is 28.8 Å². The Bertz CT molecular complexity index is 1140. The van der Waals surface area contributed by atoms with Crippen LogP contribution < -0.4 is 20.3 Å². The smallest absolute Gasteiger partial charge is 0.279 e. The van der Waals surface area contributed by atoms with Crippen LogP contribution in [0.3, 0.4) is 0 Å². The van der Waals surface area contributed by atoms with Crippen molar-refractivity contribution in [3.63, 3.8) is 0 Å². The average molecular weight is 425 g/mol. The zero-order chi connectivity index (χ0) is 21.1. The molecule has 10 heteroatoms. The van der Waals surface area contributed by atoms with Gasteiger partial charge >= 0.3 is 0 Å². The van der Waals surface area contributed by atoms with Gasteiger partial charge in [-0.1, -0.05) is 6.07 Å². The second-order valence-electron chi connectivity index (χ2n) is 6.24. The number of hydrogen-bond acceptors (Lipinski definition) is 7. The van der Waals surface area contributed by atoms with Crippen LogP contribution in [0, 0.1) is 10.1 Å². The van der Waals surface area contributed by atoms with E-state index in [0.29, 0.717) is 29.6 Å². The zero-order valence-corrected chi connectivity index (χ0v) is 16.2. The van der Waals surface area contributed by atoms with Crippen molar-refractivity contribution in [2.24, 2.45) is 0 Å². The number of fused-ring (bicyclic) bond motifs is 1. The van der Waals surface area contributed by atoms with E-state index in [0.717, 1.165) is 16.5 Å². The number of nitrogens with zero attached hydrogens (tertiary/aromatic N) is 1. The Hall–Kier alpha value is -3.92. The van der Waals surface area contributed by atoms with E-state index in [1.54, 1.807) is 12.1 Å². The number of thiophene rings is 1. The van der Waals surface area contributed by atoms with Crippen molar-refractivity contribution in [1.82, 2.24) is 10.9 Å². The quantitative estimate of drug-likeness (QED) is 0.489. The van der Waals surface area contributed by atoms with Gasteiger partial charge in [-0.05, 0) is 42.0 Å². The first kappa shape index (κ1) is 19.4. The maximum Gasteiger partial charge on any atom is 0.279 e. The number of nitrogens with one attached hydrogen (secondary N) is 2. The number of ether oxygens (including phenoxy) is 2. The topological polar surface area (TPSA) is 120 Å². The summed E-state index contributed by atoms with van der Waals surface area (Å²) < 4.78 is 11.1. The molecular formula is C20H15N3O6S. The molecule has 152 valence electrons. The molecule has 2 amide bonds. The van der Waals surface area contributed by atoms with E-state index in [1.165, 1.54) is 29.5 Å². The lowest BCUT2D eigenvalue weighted by atomic mass is 10.1. The molecule has 1 aromatic heterocycles. The van der Waals surface area contributed by atoms with Crippen molar-refractivity contribution in [3.05, 3.63) is 75.2 Å². The summed E-state index contributed by atoms with van der Waals surface area (Å²) in [6, 6.07) is 14.2. The summed E-state index contributed by atoms with van der Waals surface area (Å²) in [4.78, 5) is 36.0. The van der Waals surface area contributed by atoms with Crippen LogP contribution in [-0.2, 0) is 0 Å². The minimum atomic E-state index is -0.657. The molecule has 0 bridgehead atoms. The molecule has 0 saturated carbocycles. The minimum absolute atomic E-state index is 0.0626. The number of carbonyl (C=O) groups is 2. The molecule has 0 radical (unpaired) electrons. The van der Waals surface area contributed by atoms with Crippen LogP contribution in [0.5, 0.6) is 11.5 Å². The lowest BCUT2D eigenvalue weighted by molar-refractivity contribution is -0.384.